The van der Waals surface area contributed by atoms with Crippen molar-refractivity contribution in [2.45, 2.75) is 6.92 Å². The van der Waals surface area contributed by atoms with Gasteiger partial charge in [0, 0.05) is 19.2 Å². The SMILES string of the molecule is CC(C#N)CN(C)C(=O)c1cccc(C#N)c1. The van der Waals surface area contributed by atoms with E-state index in [9.17, 15) is 4.79 Å². The lowest BCUT2D eigenvalue weighted by Crippen LogP contribution is -2.30. The van der Waals surface area contributed by atoms with Gasteiger partial charge in [-0.1, -0.05) is 6.07 Å². The van der Waals surface area contributed by atoms with E-state index in [2.05, 4.69) is 6.07 Å². The van der Waals surface area contributed by atoms with Gasteiger partial charge in [0.15, 0.2) is 0 Å². The van der Waals surface area contributed by atoms with Crippen LogP contribution in [0.25, 0.3) is 0 Å². The van der Waals surface area contributed by atoms with Gasteiger partial charge in [-0.3, -0.25) is 4.79 Å². The summed E-state index contributed by atoms with van der Waals surface area (Å²) in [5.41, 5.74) is 0.925. The lowest BCUT2D eigenvalue weighted by atomic mass is 10.1. The molecule has 0 aliphatic rings. The molecule has 0 spiro atoms. The second kappa shape index (κ2) is 5.67. The van der Waals surface area contributed by atoms with Crippen LogP contribution in [0.5, 0.6) is 0 Å². The normalized spacial score (nSPS) is 11.1. The largest absolute Gasteiger partial charge is 0.340 e. The maximum Gasteiger partial charge on any atom is 0.253 e. The van der Waals surface area contributed by atoms with Crippen molar-refractivity contribution in [3.05, 3.63) is 35.4 Å². The smallest absolute Gasteiger partial charge is 0.253 e. The first-order valence-electron chi connectivity index (χ1n) is 5.23. The van der Waals surface area contributed by atoms with Crippen LogP contribution >= 0.6 is 0 Å². The van der Waals surface area contributed by atoms with Crippen molar-refractivity contribution < 1.29 is 4.79 Å². The van der Waals surface area contributed by atoms with Gasteiger partial charge in [0.2, 0.25) is 0 Å². The van der Waals surface area contributed by atoms with Crippen molar-refractivity contribution in [1.82, 2.24) is 4.90 Å². The van der Waals surface area contributed by atoms with E-state index in [1.54, 1.807) is 38.2 Å². The van der Waals surface area contributed by atoms with Crippen molar-refractivity contribution in [2.75, 3.05) is 13.6 Å². The third-order valence-corrected chi connectivity index (χ3v) is 2.35. The molecule has 0 aliphatic heterocycles. The molecule has 4 heteroatoms. The number of hydrogen-bond acceptors (Lipinski definition) is 3. The average molecular weight is 227 g/mol. The third-order valence-electron chi connectivity index (χ3n) is 2.35. The van der Waals surface area contributed by atoms with Crippen LogP contribution in [0.1, 0.15) is 22.8 Å². The maximum atomic E-state index is 12.0. The lowest BCUT2D eigenvalue weighted by molar-refractivity contribution is 0.0785. The first kappa shape index (κ1) is 12.7. The Bertz CT molecular complexity index is 496. The number of amides is 1. The fourth-order valence-electron chi connectivity index (χ4n) is 1.48. The molecule has 0 aromatic heterocycles. The van der Waals surface area contributed by atoms with Gasteiger partial charge < -0.3 is 4.90 Å². The zero-order chi connectivity index (χ0) is 12.8. The molecule has 17 heavy (non-hydrogen) atoms. The van der Waals surface area contributed by atoms with E-state index in [0.717, 1.165) is 0 Å². The Balaban J connectivity index is 2.83. The number of benzene rings is 1. The van der Waals surface area contributed by atoms with Gasteiger partial charge in [0.05, 0.1) is 23.6 Å². The van der Waals surface area contributed by atoms with E-state index in [4.69, 9.17) is 10.5 Å². The highest BCUT2D eigenvalue weighted by molar-refractivity contribution is 5.94. The standard InChI is InChI=1S/C13H13N3O/c1-10(7-14)9-16(2)13(17)12-5-3-4-11(6-12)8-15/h3-6,10H,9H2,1-2H3. The van der Waals surface area contributed by atoms with Crippen molar-refractivity contribution in [3.63, 3.8) is 0 Å². The van der Waals surface area contributed by atoms with Gasteiger partial charge in [-0.15, -0.1) is 0 Å². The molecule has 1 aromatic rings. The second-order valence-electron chi connectivity index (χ2n) is 3.91. The first-order chi connectivity index (χ1) is 8.08. The molecule has 0 saturated carbocycles. The summed E-state index contributed by atoms with van der Waals surface area (Å²) in [4.78, 5) is 13.5. The zero-order valence-electron chi connectivity index (χ0n) is 9.84. The quantitative estimate of drug-likeness (QED) is 0.790. The highest BCUT2D eigenvalue weighted by atomic mass is 16.2. The van der Waals surface area contributed by atoms with Crippen LogP contribution in [0.2, 0.25) is 0 Å². The van der Waals surface area contributed by atoms with Crippen molar-refractivity contribution in [1.29, 1.82) is 10.5 Å². The Labute approximate surface area is 101 Å². The second-order valence-corrected chi connectivity index (χ2v) is 3.91. The zero-order valence-corrected chi connectivity index (χ0v) is 9.84. The molecule has 1 unspecified atom stereocenters. The molecule has 0 heterocycles. The molecule has 4 nitrogen and oxygen atoms in total. The fraction of sp³-hybridized carbons (Fsp3) is 0.308. The van der Waals surface area contributed by atoms with E-state index >= 15 is 0 Å². The summed E-state index contributed by atoms with van der Waals surface area (Å²) in [6, 6.07) is 10.6. The van der Waals surface area contributed by atoms with Gasteiger partial charge in [-0.25, -0.2) is 0 Å². The summed E-state index contributed by atoms with van der Waals surface area (Å²) >= 11 is 0. The summed E-state index contributed by atoms with van der Waals surface area (Å²) in [5.74, 6) is -0.382. The van der Waals surface area contributed by atoms with Crippen molar-refractivity contribution in [2.24, 2.45) is 5.92 Å². The van der Waals surface area contributed by atoms with Gasteiger partial charge in [0.1, 0.15) is 0 Å². The molecule has 0 radical (unpaired) electrons. The van der Waals surface area contributed by atoms with Crippen molar-refractivity contribution in [3.8, 4) is 12.1 Å². The number of nitrogens with zero attached hydrogens (tertiary/aromatic N) is 3. The minimum Gasteiger partial charge on any atom is -0.340 e. The highest BCUT2D eigenvalue weighted by Gasteiger charge is 2.14. The maximum absolute atomic E-state index is 12.0. The minimum absolute atomic E-state index is 0.177. The van der Waals surface area contributed by atoms with Gasteiger partial charge >= 0.3 is 0 Å². The summed E-state index contributed by atoms with van der Waals surface area (Å²) < 4.78 is 0. The van der Waals surface area contributed by atoms with Crippen LogP contribution in [0.4, 0.5) is 0 Å². The van der Waals surface area contributed by atoms with E-state index < -0.39 is 0 Å². The molecule has 1 amide bonds. The summed E-state index contributed by atoms with van der Waals surface area (Å²) in [7, 11) is 1.65. The van der Waals surface area contributed by atoms with Gasteiger partial charge in [-0.05, 0) is 25.1 Å². The van der Waals surface area contributed by atoms with Gasteiger partial charge in [0.25, 0.3) is 5.91 Å². The fourth-order valence-corrected chi connectivity index (χ4v) is 1.48. The first-order valence-corrected chi connectivity index (χ1v) is 5.23. The number of hydrogen-bond donors (Lipinski definition) is 0. The highest BCUT2D eigenvalue weighted by Crippen LogP contribution is 2.08. The predicted molar refractivity (Wildman–Crippen MR) is 62.9 cm³/mol. The van der Waals surface area contributed by atoms with E-state index in [0.29, 0.717) is 17.7 Å². The minimum atomic E-state index is -0.205. The van der Waals surface area contributed by atoms with E-state index in [1.165, 1.54) is 4.90 Å². The molecule has 1 atom stereocenters. The summed E-state index contributed by atoms with van der Waals surface area (Å²) in [6.07, 6.45) is 0. The van der Waals surface area contributed by atoms with Gasteiger partial charge in [-0.2, -0.15) is 10.5 Å². The summed E-state index contributed by atoms with van der Waals surface area (Å²) in [6.45, 7) is 2.14. The van der Waals surface area contributed by atoms with Crippen LogP contribution < -0.4 is 0 Å². The lowest BCUT2D eigenvalue weighted by Gasteiger charge is -2.18. The van der Waals surface area contributed by atoms with E-state index in [-0.39, 0.29) is 11.8 Å². The average Bonchev–Trinajstić information content (AvgIpc) is 2.37. The Morgan fingerprint density at radius 2 is 2.18 bits per heavy atom. The van der Waals surface area contributed by atoms with Crippen LogP contribution in [-0.2, 0) is 0 Å². The van der Waals surface area contributed by atoms with Crippen LogP contribution in [-0.4, -0.2) is 24.4 Å². The molecular weight excluding hydrogens is 214 g/mol. The molecule has 0 fully saturated rings. The molecule has 1 rings (SSSR count). The van der Waals surface area contributed by atoms with E-state index in [1.807, 2.05) is 6.07 Å². The van der Waals surface area contributed by atoms with Crippen LogP contribution in [0.3, 0.4) is 0 Å². The molecular formula is C13H13N3O. The Kier molecular flexibility index (Phi) is 4.25. The molecule has 0 saturated heterocycles. The van der Waals surface area contributed by atoms with Crippen molar-refractivity contribution >= 4 is 5.91 Å². The number of nitriles is 2. The monoisotopic (exact) mass is 227 g/mol. The predicted octanol–water partition coefficient (Wildman–Crippen LogP) is 1.79. The molecule has 86 valence electrons. The Hall–Kier alpha value is -2.33. The van der Waals surface area contributed by atoms with Crippen LogP contribution in [0.15, 0.2) is 24.3 Å². The number of rotatable bonds is 3. The summed E-state index contributed by atoms with van der Waals surface area (Å²) in [5, 5.41) is 17.4. The topological polar surface area (TPSA) is 67.9 Å². The molecule has 0 aliphatic carbocycles. The third kappa shape index (κ3) is 3.32. The number of carbonyl (C=O) groups is 1. The number of carbonyl (C=O) groups excluding carboxylic acids is 1. The molecule has 0 bridgehead atoms. The molecule has 1 aromatic carbocycles. The Morgan fingerprint density at radius 3 is 2.76 bits per heavy atom. The Morgan fingerprint density at radius 1 is 1.47 bits per heavy atom. The van der Waals surface area contributed by atoms with Crippen LogP contribution in [0, 0.1) is 28.6 Å². The molecule has 0 N–H and O–H groups in total.